The first kappa shape index (κ1) is 29.7. The summed E-state index contributed by atoms with van der Waals surface area (Å²) < 4.78 is 38.4. The fraction of sp³-hybridized carbons (Fsp3) is 0.357. The van der Waals surface area contributed by atoms with Crippen LogP contribution in [0.2, 0.25) is 30.1 Å². The summed E-state index contributed by atoms with van der Waals surface area (Å²) in [6.45, 7) is 2.31. The highest BCUT2D eigenvalue weighted by molar-refractivity contribution is 6.36. The van der Waals surface area contributed by atoms with Crippen LogP contribution in [0.15, 0.2) is 54.6 Å². The normalized spacial score (nSPS) is 23.3. The molecule has 3 aromatic rings. The van der Waals surface area contributed by atoms with Gasteiger partial charge >= 0.3 is 0 Å². The number of hydrogen-bond donors (Lipinski definition) is 0. The Morgan fingerprint density at radius 2 is 1.23 bits per heavy atom. The van der Waals surface area contributed by atoms with E-state index in [2.05, 4.69) is 0 Å². The SMILES string of the molecule is [2H]COC1(C)O[C@H](COCc2ccc(Cl)cc2Cl)[C@@H](OCc2ccc(Cl)cc2Cl)[C@H]1OCc1ccc(Cl)cc1Cl. The third-order valence-electron chi connectivity index (χ3n) is 6.29. The molecule has 4 atom stereocenters. The summed E-state index contributed by atoms with van der Waals surface area (Å²) in [5, 5.41) is 2.98. The molecule has 1 saturated heterocycles. The highest BCUT2D eigenvalue weighted by Crippen LogP contribution is 2.38. The number of halogens is 6. The summed E-state index contributed by atoms with van der Waals surface area (Å²) in [5.41, 5.74) is 2.22. The van der Waals surface area contributed by atoms with E-state index in [1.165, 1.54) is 0 Å². The van der Waals surface area contributed by atoms with Gasteiger partial charge in [0.25, 0.3) is 0 Å². The zero-order valence-electron chi connectivity index (χ0n) is 21.8. The van der Waals surface area contributed by atoms with E-state index in [4.69, 9.17) is 94.7 Å². The maximum atomic E-state index is 7.72. The molecular formula is C28H26Cl6O5. The van der Waals surface area contributed by atoms with Gasteiger partial charge in [0.2, 0.25) is 0 Å². The molecule has 1 heterocycles. The summed E-state index contributed by atoms with van der Waals surface area (Å²) in [6.07, 6.45) is -2.06. The molecular weight excluding hydrogens is 629 g/mol. The van der Waals surface area contributed by atoms with Crippen molar-refractivity contribution in [2.24, 2.45) is 0 Å². The first-order chi connectivity index (χ1) is 19.1. The van der Waals surface area contributed by atoms with Gasteiger partial charge in [-0.05, 0) is 60.0 Å². The van der Waals surface area contributed by atoms with Crippen molar-refractivity contribution >= 4 is 69.6 Å². The van der Waals surface area contributed by atoms with Crippen LogP contribution in [0.25, 0.3) is 0 Å². The lowest BCUT2D eigenvalue weighted by Gasteiger charge is -2.30. The van der Waals surface area contributed by atoms with Crippen molar-refractivity contribution < 1.29 is 25.1 Å². The molecule has 0 aliphatic carbocycles. The maximum Gasteiger partial charge on any atom is 0.194 e. The fourth-order valence-electron chi connectivity index (χ4n) is 4.18. The summed E-state index contributed by atoms with van der Waals surface area (Å²) in [4.78, 5) is 0. The van der Waals surface area contributed by atoms with E-state index < -0.39 is 24.1 Å². The van der Waals surface area contributed by atoms with Crippen LogP contribution in [-0.4, -0.2) is 37.8 Å². The van der Waals surface area contributed by atoms with E-state index >= 15 is 0 Å². The quantitative estimate of drug-likeness (QED) is 0.206. The summed E-state index contributed by atoms with van der Waals surface area (Å²) in [6, 6.07) is 15.5. The summed E-state index contributed by atoms with van der Waals surface area (Å²) in [7, 11) is -0.359. The first-order valence-electron chi connectivity index (χ1n) is 12.5. The van der Waals surface area contributed by atoms with Crippen LogP contribution < -0.4 is 0 Å². The van der Waals surface area contributed by atoms with Gasteiger partial charge in [0.1, 0.15) is 18.3 Å². The van der Waals surface area contributed by atoms with Crippen molar-refractivity contribution in [3.63, 3.8) is 0 Å². The fourth-order valence-corrected chi connectivity index (χ4v) is 5.57. The molecule has 0 amide bonds. The monoisotopic (exact) mass is 653 g/mol. The van der Waals surface area contributed by atoms with Gasteiger partial charge < -0.3 is 23.7 Å². The Bertz CT molecular complexity index is 1310. The van der Waals surface area contributed by atoms with Gasteiger partial charge in [0, 0.05) is 37.2 Å². The maximum absolute atomic E-state index is 7.72. The van der Waals surface area contributed by atoms with Crippen LogP contribution in [0.5, 0.6) is 0 Å². The van der Waals surface area contributed by atoms with Crippen LogP contribution in [0, 0.1) is 0 Å². The molecule has 11 heteroatoms. The molecule has 0 bridgehead atoms. The van der Waals surface area contributed by atoms with Gasteiger partial charge in [-0.2, -0.15) is 0 Å². The van der Waals surface area contributed by atoms with Crippen LogP contribution >= 0.6 is 69.6 Å². The predicted molar refractivity (Wildman–Crippen MR) is 156 cm³/mol. The van der Waals surface area contributed by atoms with Crippen LogP contribution in [0.1, 0.15) is 25.0 Å². The van der Waals surface area contributed by atoms with E-state index in [0.717, 1.165) is 16.7 Å². The van der Waals surface area contributed by atoms with Gasteiger partial charge in [-0.15, -0.1) is 0 Å². The summed E-state index contributed by atoms with van der Waals surface area (Å²) >= 11 is 37.2. The Morgan fingerprint density at radius 3 is 1.72 bits per heavy atom. The summed E-state index contributed by atoms with van der Waals surface area (Å²) in [5.74, 6) is -1.32. The molecule has 1 unspecified atom stereocenters. The highest BCUT2D eigenvalue weighted by atomic mass is 35.5. The van der Waals surface area contributed by atoms with E-state index in [-0.39, 0.29) is 33.5 Å². The molecule has 1 aliphatic heterocycles. The zero-order chi connectivity index (χ0) is 28.9. The molecule has 0 radical (unpaired) electrons. The van der Waals surface area contributed by atoms with E-state index in [0.29, 0.717) is 30.1 Å². The average Bonchev–Trinajstić information content (AvgIpc) is 3.14. The largest absolute Gasteiger partial charge is 0.374 e. The molecule has 39 heavy (non-hydrogen) atoms. The molecule has 210 valence electrons. The first-order valence-corrected chi connectivity index (χ1v) is 14.1. The second kappa shape index (κ2) is 13.9. The topological polar surface area (TPSA) is 46.2 Å². The van der Waals surface area contributed by atoms with Crippen molar-refractivity contribution in [3.8, 4) is 0 Å². The zero-order valence-corrected chi connectivity index (χ0v) is 25.3. The Morgan fingerprint density at radius 1 is 0.744 bits per heavy atom. The lowest BCUT2D eigenvalue weighted by Crippen LogP contribution is -2.45. The number of methoxy groups -OCH3 is 1. The molecule has 0 aromatic heterocycles. The molecule has 3 aromatic carbocycles. The number of benzene rings is 3. The molecule has 1 fully saturated rings. The minimum absolute atomic E-state index is 0.122. The van der Waals surface area contributed by atoms with Gasteiger partial charge in [-0.25, -0.2) is 0 Å². The molecule has 4 rings (SSSR count). The number of ether oxygens (including phenoxy) is 5. The average molecular weight is 656 g/mol. The third kappa shape index (κ3) is 7.94. The van der Waals surface area contributed by atoms with Gasteiger partial charge in [0.05, 0.1) is 27.8 Å². The lowest BCUT2D eigenvalue weighted by molar-refractivity contribution is -0.247. The minimum Gasteiger partial charge on any atom is -0.374 e. The molecule has 5 nitrogen and oxygen atoms in total. The van der Waals surface area contributed by atoms with Crippen LogP contribution in [-0.2, 0) is 43.5 Å². The van der Waals surface area contributed by atoms with E-state index in [9.17, 15) is 0 Å². The van der Waals surface area contributed by atoms with Gasteiger partial charge in [0.15, 0.2) is 5.79 Å². The molecule has 0 N–H and O–H groups in total. The van der Waals surface area contributed by atoms with Crippen molar-refractivity contribution in [2.45, 2.75) is 50.8 Å². The molecule has 0 saturated carbocycles. The van der Waals surface area contributed by atoms with Crippen molar-refractivity contribution in [1.29, 1.82) is 0 Å². The minimum atomic E-state index is -1.32. The Labute approximate surface area is 259 Å². The Balaban J connectivity index is 1.55. The van der Waals surface area contributed by atoms with E-state index in [1.54, 1.807) is 61.5 Å². The Kier molecular flexibility index (Phi) is 10.6. The standard InChI is InChI=1S/C28H26Cl6O5/c1-28(35-2)27(38-14-18-5-8-21(31)11-24(18)34)26(37-13-17-4-7-20(30)10-23(17)33)25(39-28)15-36-12-16-3-6-19(29)9-22(16)32/h3-11,25-27H,12-15H2,1-2H3/t25-,26-,27-,28?/m1/s1/i2D. The van der Waals surface area contributed by atoms with Gasteiger partial charge in [-0.3, -0.25) is 0 Å². The highest BCUT2D eigenvalue weighted by Gasteiger charge is 2.54. The second-order valence-electron chi connectivity index (χ2n) is 9.05. The number of hydrogen-bond acceptors (Lipinski definition) is 5. The molecule has 0 spiro atoms. The lowest BCUT2D eigenvalue weighted by atomic mass is 10.1. The van der Waals surface area contributed by atoms with Crippen LogP contribution in [0.3, 0.4) is 0 Å². The van der Waals surface area contributed by atoms with Crippen molar-refractivity contribution in [2.75, 3.05) is 13.7 Å². The van der Waals surface area contributed by atoms with Crippen molar-refractivity contribution in [1.82, 2.24) is 0 Å². The van der Waals surface area contributed by atoms with Gasteiger partial charge in [-0.1, -0.05) is 87.8 Å². The predicted octanol–water partition coefficient (Wildman–Crippen LogP) is 9.06. The molecule has 1 aliphatic rings. The van der Waals surface area contributed by atoms with Crippen molar-refractivity contribution in [3.05, 3.63) is 101 Å². The van der Waals surface area contributed by atoms with E-state index in [1.807, 2.05) is 0 Å². The smallest absolute Gasteiger partial charge is 0.194 e. The van der Waals surface area contributed by atoms with Crippen LogP contribution in [0.4, 0.5) is 0 Å². The Hall–Kier alpha value is -0.800. The number of rotatable bonds is 11. The third-order valence-corrected chi connectivity index (χ3v) is 8.05. The second-order valence-corrected chi connectivity index (χ2v) is 11.6.